The van der Waals surface area contributed by atoms with Crippen molar-refractivity contribution in [2.24, 2.45) is 0 Å². The molecule has 1 N–H and O–H groups in total. The summed E-state index contributed by atoms with van der Waals surface area (Å²) in [5.41, 5.74) is 2.44. The van der Waals surface area contributed by atoms with E-state index >= 15 is 0 Å². The second-order valence-electron chi connectivity index (χ2n) is 9.40. The molecule has 29 heavy (non-hydrogen) atoms. The highest BCUT2D eigenvalue weighted by atomic mass is 28.4. The summed E-state index contributed by atoms with van der Waals surface area (Å²) in [7, 11) is -3.05. The second-order valence-corrected chi connectivity index (χ2v) is 18.8. The van der Waals surface area contributed by atoms with Crippen molar-refractivity contribution < 1.29 is 9.53 Å². The van der Waals surface area contributed by atoms with E-state index < -0.39 is 16.5 Å². The number of benzene rings is 2. The Balaban J connectivity index is 1.73. The molecule has 0 spiro atoms. The zero-order valence-electron chi connectivity index (χ0n) is 18.7. The molecule has 0 aliphatic carbocycles. The van der Waals surface area contributed by atoms with Crippen molar-refractivity contribution in [2.75, 3.05) is 6.61 Å². The number of hydrogen-bond donors (Lipinski definition) is 1. The molecule has 0 fully saturated rings. The molecule has 0 bridgehead atoms. The van der Waals surface area contributed by atoms with Crippen LogP contribution in [-0.2, 0) is 16.0 Å². The van der Waals surface area contributed by atoms with Crippen molar-refractivity contribution in [2.45, 2.75) is 64.0 Å². The maximum Gasteiger partial charge on any atom is 0.310 e. The molecule has 158 valence electrons. The number of nitrogens with one attached hydrogen (secondary N) is 1. The molecule has 2 rings (SSSR count). The Morgan fingerprint density at radius 2 is 1.52 bits per heavy atom. The van der Waals surface area contributed by atoms with Crippen LogP contribution in [0.25, 0.3) is 0 Å². The summed E-state index contributed by atoms with van der Waals surface area (Å²) in [5, 5.41) is 0. The minimum absolute atomic E-state index is 0.130. The average Bonchev–Trinajstić information content (AvgIpc) is 2.65. The van der Waals surface area contributed by atoms with Gasteiger partial charge >= 0.3 is 5.97 Å². The zero-order chi connectivity index (χ0) is 21.3. The summed E-state index contributed by atoms with van der Waals surface area (Å²) in [6.07, 6.45) is 1.29. The third-order valence-electron chi connectivity index (χ3n) is 5.26. The van der Waals surface area contributed by atoms with E-state index in [1.54, 1.807) is 0 Å². The van der Waals surface area contributed by atoms with Gasteiger partial charge in [0.1, 0.15) is 16.5 Å². The first-order chi connectivity index (χ1) is 13.7. The highest BCUT2D eigenvalue weighted by Gasteiger charge is 2.32. The Hall–Kier alpha value is -1.70. The van der Waals surface area contributed by atoms with E-state index in [9.17, 15) is 4.79 Å². The first kappa shape index (κ1) is 23.6. The van der Waals surface area contributed by atoms with Crippen LogP contribution in [0.1, 0.15) is 30.4 Å². The lowest BCUT2D eigenvalue weighted by Gasteiger charge is -2.36. The first-order valence-electron chi connectivity index (χ1n) is 10.7. The number of rotatable bonds is 11. The van der Waals surface area contributed by atoms with Gasteiger partial charge in [0.2, 0.25) is 0 Å². The van der Waals surface area contributed by atoms with Crippen LogP contribution in [0.5, 0.6) is 0 Å². The number of esters is 1. The van der Waals surface area contributed by atoms with E-state index in [4.69, 9.17) is 4.74 Å². The van der Waals surface area contributed by atoms with Gasteiger partial charge in [0, 0.05) is 0 Å². The van der Waals surface area contributed by atoms with Crippen molar-refractivity contribution in [1.29, 1.82) is 0 Å². The van der Waals surface area contributed by atoms with E-state index in [2.05, 4.69) is 68.1 Å². The number of carbonyl (C=O) groups excluding carboxylic acids is 1. The molecule has 0 saturated carbocycles. The van der Waals surface area contributed by atoms with Gasteiger partial charge in [-0.1, -0.05) is 93.8 Å². The highest BCUT2D eigenvalue weighted by Crippen LogP contribution is 2.26. The maximum atomic E-state index is 12.0. The molecule has 1 unspecified atom stereocenters. The maximum absolute atomic E-state index is 12.0. The van der Waals surface area contributed by atoms with Crippen LogP contribution in [0, 0.1) is 0 Å². The molecule has 1 atom stereocenters. The summed E-state index contributed by atoms with van der Waals surface area (Å²) in [6.45, 7) is 12.6. The van der Waals surface area contributed by atoms with Gasteiger partial charge in [-0.15, -0.1) is 0 Å². The fourth-order valence-electron chi connectivity index (χ4n) is 4.21. The van der Waals surface area contributed by atoms with Crippen LogP contribution < -0.4 is 4.65 Å². The molecular weight excluding hydrogens is 390 g/mol. The monoisotopic (exact) mass is 427 g/mol. The standard InChI is InChI=1S/C24H37NO2Si2/c1-21(23-15-10-7-11-16-23)20-29(4,5)25-28(2,3)18-12-17-27-24(26)19-22-13-8-6-9-14-22/h6-11,13-16,21,25H,12,17-20H2,1-5H3. The molecule has 0 saturated heterocycles. The molecule has 0 radical (unpaired) electrons. The van der Waals surface area contributed by atoms with E-state index in [1.165, 1.54) is 11.6 Å². The minimum atomic E-state index is -1.53. The summed E-state index contributed by atoms with van der Waals surface area (Å²) in [4.78, 5) is 12.0. The molecule has 2 aromatic rings. The molecule has 0 aromatic heterocycles. The fraction of sp³-hybridized carbons (Fsp3) is 0.458. The lowest BCUT2D eigenvalue weighted by atomic mass is 10.0. The van der Waals surface area contributed by atoms with Crippen LogP contribution in [-0.4, -0.2) is 29.0 Å². The Morgan fingerprint density at radius 1 is 0.931 bits per heavy atom. The lowest BCUT2D eigenvalue weighted by Crippen LogP contribution is -2.59. The number of ether oxygens (including phenoxy) is 1. The van der Waals surface area contributed by atoms with Gasteiger partial charge in [0.15, 0.2) is 0 Å². The van der Waals surface area contributed by atoms with Crippen molar-refractivity contribution in [3.63, 3.8) is 0 Å². The predicted molar refractivity (Wildman–Crippen MR) is 128 cm³/mol. The Labute approximate surface area is 179 Å². The van der Waals surface area contributed by atoms with Crippen LogP contribution in [0.2, 0.25) is 38.3 Å². The van der Waals surface area contributed by atoms with Crippen LogP contribution in [0.3, 0.4) is 0 Å². The molecule has 0 aliphatic heterocycles. The van der Waals surface area contributed by atoms with Gasteiger partial charge in [-0.25, -0.2) is 0 Å². The molecule has 5 heteroatoms. The largest absolute Gasteiger partial charge is 0.465 e. The molecule has 3 nitrogen and oxygen atoms in total. The van der Waals surface area contributed by atoms with Gasteiger partial charge in [0.05, 0.1) is 13.0 Å². The van der Waals surface area contributed by atoms with Crippen LogP contribution >= 0.6 is 0 Å². The zero-order valence-corrected chi connectivity index (χ0v) is 20.7. The quantitative estimate of drug-likeness (QED) is 0.273. The topological polar surface area (TPSA) is 38.3 Å². The molecule has 0 aliphatic rings. The van der Waals surface area contributed by atoms with E-state index in [-0.39, 0.29) is 5.97 Å². The van der Waals surface area contributed by atoms with Crippen LogP contribution in [0.4, 0.5) is 0 Å². The predicted octanol–water partition coefficient (Wildman–Crippen LogP) is 5.97. The molecular formula is C24H37NO2Si2. The Kier molecular flexibility index (Phi) is 8.87. The second kappa shape index (κ2) is 10.9. The highest BCUT2D eigenvalue weighted by molar-refractivity contribution is 6.91. The molecule has 2 aromatic carbocycles. The van der Waals surface area contributed by atoms with Gasteiger partial charge in [0.25, 0.3) is 0 Å². The van der Waals surface area contributed by atoms with E-state index in [0.29, 0.717) is 18.9 Å². The van der Waals surface area contributed by atoms with E-state index in [1.807, 2.05) is 30.3 Å². The van der Waals surface area contributed by atoms with Gasteiger partial charge in [-0.2, -0.15) is 0 Å². The number of hydrogen-bond acceptors (Lipinski definition) is 3. The molecule has 0 heterocycles. The van der Waals surface area contributed by atoms with Crippen molar-refractivity contribution in [3.8, 4) is 0 Å². The Bertz CT molecular complexity index is 748. The lowest BCUT2D eigenvalue weighted by molar-refractivity contribution is -0.142. The first-order valence-corrected chi connectivity index (χ1v) is 17.1. The summed E-state index contributed by atoms with van der Waals surface area (Å²) < 4.78 is 9.56. The Morgan fingerprint density at radius 3 is 2.14 bits per heavy atom. The summed E-state index contributed by atoms with van der Waals surface area (Å²) >= 11 is 0. The summed E-state index contributed by atoms with van der Waals surface area (Å²) in [5.74, 6) is 0.448. The van der Waals surface area contributed by atoms with Crippen molar-refractivity contribution in [3.05, 3.63) is 71.8 Å². The van der Waals surface area contributed by atoms with Gasteiger partial charge in [-0.05, 0) is 35.6 Å². The van der Waals surface area contributed by atoms with Crippen LogP contribution in [0.15, 0.2) is 60.7 Å². The third kappa shape index (κ3) is 9.11. The van der Waals surface area contributed by atoms with Crippen molar-refractivity contribution in [1.82, 2.24) is 4.65 Å². The molecule has 0 amide bonds. The van der Waals surface area contributed by atoms with Gasteiger partial charge in [-0.3, -0.25) is 4.79 Å². The minimum Gasteiger partial charge on any atom is -0.465 e. The smallest absolute Gasteiger partial charge is 0.310 e. The fourth-order valence-corrected chi connectivity index (χ4v) is 15.2. The number of carbonyl (C=O) groups is 1. The van der Waals surface area contributed by atoms with E-state index in [0.717, 1.165) is 18.0 Å². The summed E-state index contributed by atoms with van der Waals surface area (Å²) in [6, 6.07) is 23.0. The average molecular weight is 428 g/mol. The van der Waals surface area contributed by atoms with Gasteiger partial charge < -0.3 is 9.38 Å². The SMILES string of the molecule is CC(C[Si](C)(C)N[Si](C)(C)CCCOC(=O)Cc1ccccc1)c1ccccc1. The van der Waals surface area contributed by atoms with Crippen molar-refractivity contribution >= 4 is 22.4 Å². The normalized spacial score (nSPS) is 13.1. The third-order valence-corrected chi connectivity index (χ3v) is 13.9.